The van der Waals surface area contributed by atoms with Crippen molar-refractivity contribution in [2.24, 2.45) is 0 Å². The van der Waals surface area contributed by atoms with E-state index in [1.165, 1.54) is 11.3 Å². The zero-order valence-corrected chi connectivity index (χ0v) is 13.1. The van der Waals surface area contributed by atoms with Gasteiger partial charge >= 0.3 is 6.03 Å². The van der Waals surface area contributed by atoms with E-state index >= 15 is 0 Å². The number of hydrogen-bond acceptors (Lipinski definition) is 3. The van der Waals surface area contributed by atoms with Crippen molar-refractivity contribution in [3.05, 3.63) is 23.8 Å². The number of rotatable bonds is 5. The zero-order valence-electron chi connectivity index (χ0n) is 13.1. The summed E-state index contributed by atoms with van der Waals surface area (Å²) in [5.74, 6) is 0. The van der Waals surface area contributed by atoms with Gasteiger partial charge in [-0.05, 0) is 43.9 Å². The van der Waals surface area contributed by atoms with Crippen molar-refractivity contribution in [2.75, 3.05) is 30.4 Å². The van der Waals surface area contributed by atoms with Crippen molar-refractivity contribution >= 4 is 17.4 Å². The number of nitrogens with zero attached hydrogens (tertiary/aromatic N) is 1. The van der Waals surface area contributed by atoms with Crippen molar-refractivity contribution < 1.29 is 9.90 Å². The molecule has 1 aromatic carbocycles. The Labute approximate surface area is 126 Å². The van der Waals surface area contributed by atoms with Gasteiger partial charge in [-0.25, -0.2) is 4.79 Å². The van der Waals surface area contributed by atoms with Gasteiger partial charge in [-0.15, -0.1) is 0 Å². The Bertz CT molecular complexity index is 518. The van der Waals surface area contributed by atoms with Crippen LogP contribution in [0.15, 0.2) is 18.2 Å². The Morgan fingerprint density at radius 3 is 2.90 bits per heavy atom. The van der Waals surface area contributed by atoms with Crippen molar-refractivity contribution in [1.29, 1.82) is 0 Å². The number of carbonyl (C=O) groups excluding carboxylic acids is 1. The Kier molecular flexibility index (Phi) is 4.73. The van der Waals surface area contributed by atoms with Crippen LogP contribution in [0.4, 0.5) is 16.2 Å². The lowest BCUT2D eigenvalue weighted by Crippen LogP contribution is -2.48. The molecule has 3 N–H and O–H groups in total. The van der Waals surface area contributed by atoms with Gasteiger partial charge in [0.05, 0.1) is 0 Å². The molecule has 0 bridgehead atoms. The number of anilines is 2. The highest BCUT2D eigenvalue weighted by Gasteiger charge is 2.24. The number of aliphatic hydroxyl groups excluding tert-OH is 1. The number of amides is 2. The predicted octanol–water partition coefficient (Wildman–Crippen LogP) is 2.35. The molecular weight excluding hydrogens is 266 g/mol. The van der Waals surface area contributed by atoms with E-state index in [0.717, 1.165) is 25.1 Å². The van der Waals surface area contributed by atoms with Crippen molar-refractivity contribution in [1.82, 2.24) is 5.32 Å². The number of aliphatic hydroxyl groups is 1. The van der Waals surface area contributed by atoms with Crippen LogP contribution in [0, 0.1) is 0 Å². The summed E-state index contributed by atoms with van der Waals surface area (Å²) in [5.41, 5.74) is 2.91. The standard InChI is InChI=1S/C16H25N3O2/c1-4-16(2,8-10-20)18-15(21)17-13-6-5-12-7-9-19(3)14(12)11-13/h5-6,11,20H,4,7-10H2,1-3H3,(H2,17,18,21). The number of nitrogens with one attached hydrogen (secondary N) is 2. The lowest BCUT2D eigenvalue weighted by molar-refractivity contribution is 0.208. The fraction of sp³-hybridized carbons (Fsp3) is 0.562. The van der Waals surface area contributed by atoms with Crippen LogP contribution in [-0.2, 0) is 6.42 Å². The molecule has 0 saturated carbocycles. The molecule has 0 fully saturated rings. The van der Waals surface area contributed by atoms with Gasteiger partial charge in [-0.3, -0.25) is 0 Å². The van der Waals surface area contributed by atoms with Gasteiger partial charge in [0, 0.05) is 37.1 Å². The molecule has 1 atom stereocenters. The lowest BCUT2D eigenvalue weighted by Gasteiger charge is -2.29. The van der Waals surface area contributed by atoms with Crippen LogP contribution in [0.5, 0.6) is 0 Å². The van der Waals surface area contributed by atoms with Crippen molar-refractivity contribution in [2.45, 2.75) is 38.6 Å². The molecular formula is C16H25N3O2. The molecule has 0 aliphatic carbocycles. The largest absolute Gasteiger partial charge is 0.396 e. The van der Waals surface area contributed by atoms with E-state index in [9.17, 15) is 4.79 Å². The first-order valence-corrected chi connectivity index (χ1v) is 7.51. The Balaban J connectivity index is 2.02. The molecule has 1 heterocycles. The molecule has 21 heavy (non-hydrogen) atoms. The van der Waals surface area contributed by atoms with E-state index in [1.807, 2.05) is 26.0 Å². The highest BCUT2D eigenvalue weighted by Crippen LogP contribution is 2.29. The molecule has 2 rings (SSSR count). The van der Waals surface area contributed by atoms with E-state index in [4.69, 9.17) is 5.11 Å². The lowest BCUT2D eigenvalue weighted by atomic mass is 9.95. The quantitative estimate of drug-likeness (QED) is 0.780. The molecule has 116 valence electrons. The molecule has 5 nitrogen and oxygen atoms in total. The summed E-state index contributed by atoms with van der Waals surface area (Å²) in [6, 6.07) is 5.79. The van der Waals surface area contributed by atoms with Gasteiger partial charge in [0.15, 0.2) is 0 Å². The fourth-order valence-electron chi connectivity index (χ4n) is 2.63. The summed E-state index contributed by atoms with van der Waals surface area (Å²) in [6.07, 6.45) is 2.38. The van der Waals surface area contributed by atoms with Crippen LogP contribution in [0.3, 0.4) is 0 Å². The third-order valence-corrected chi connectivity index (χ3v) is 4.33. The smallest absolute Gasteiger partial charge is 0.319 e. The maximum Gasteiger partial charge on any atom is 0.319 e. The number of hydrogen-bond donors (Lipinski definition) is 3. The molecule has 5 heteroatoms. The van der Waals surface area contributed by atoms with Crippen molar-refractivity contribution in [3.63, 3.8) is 0 Å². The molecule has 1 aliphatic heterocycles. The highest BCUT2D eigenvalue weighted by atomic mass is 16.3. The van der Waals surface area contributed by atoms with Crippen LogP contribution < -0.4 is 15.5 Å². The average molecular weight is 291 g/mol. The first-order chi connectivity index (χ1) is 9.97. The van der Waals surface area contributed by atoms with Crippen LogP contribution in [0.25, 0.3) is 0 Å². The van der Waals surface area contributed by atoms with Gasteiger partial charge in [0.2, 0.25) is 0 Å². The zero-order chi connectivity index (χ0) is 15.5. The number of fused-ring (bicyclic) bond motifs is 1. The van der Waals surface area contributed by atoms with Crippen LogP contribution in [0.1, 0.15) is 32.3 Å². The maximum atomic E-state index is 12.1. The topological polar surface area (TPSA) is 64.6 Å². The number of urea groups is 1. The van der Waals surface area contributed by atoms with Gasteiger partial charge in [-0.1, -0.05) is 13.0 Å². The minimum atomic E-state index is -0.383. The molecule has 0 spiro atoms. The summed E-state index contributed by atoms with van der Waals surface area (Å²) in [6.45, 7) is 5.03. The minimum Gasteiger partial charge on any atom is -0.396 e. The monoisotopic (exact) mass is 291 g/mol. The first-order valence-electron chi connectivity index (χ1n) is 7.51. The minimum absolute atomic E-state index is 0.0637. The Morgan fingerprint density at radius 2 is 2.24 bits per heavy atom. The van der Waals surface area contributed by atoms with E-state index in [2.05, 4.69) is 28.6 Å². The van der Waals surface area contributed by atoms with Gasteiger partial charge in [0.25, 0.3) is 0 Å². The normalized spacial score (nSPS) is 16.3. The SMILES string of the molecule is CCC(C)(CCO)NC(=O)Nc1ccc2c(c1)N(C)CC2. The summed E-state index contributed by atoms with van der Waals surface area (Å²) < 4.78 is 0. The Hall–Kier alpha value is -1.75. The molecule has 0 radical (unpaired) electrons. The first kappa shape index (κ1) is 15.6. The molecule has 0 aromatic heterocycles. The second-order valence-electron chi connectivity index (χ2n) is 5.98. The van der Waals surface area contributed by atoms with Crippen LogP contribution >= 0.6 is 0 Å². The molecule has 2 amide bonds. The number of likely N-dealkylation sites (N-methyl/N-ethyl adjacent to an activating group) is 1. The van der Waals surface area contributed by atoms with Gasteiger partial charge < -0.3 is 20.6 Å². The van der Waals surface area contributed by atoms with Crippen LogP contribution in [0.2, 0.25) is 0 Å². The fourth-order valence-corrected chi connectivity index (χ4v) is 2.63. The second kappa shape index (κ2) is 6.35. The molecule has 1 aliphatic rings. The summed E-state index contributed by atoms with van der Waals surface area (Å²) in [4.78, 5) is 14.3. The second-order valence-corrected chi connectivity index (χ2v) is 5.98. The number of benzene rings is 1. The molecule has 1 unspecified atom stereocenters. The predicted molar refractivity (Wildman–Crippen MR) is 86.0 cm³/mol. The summed E-state index contributed by atoms with van der Waals surface area (Å²) in [5, 5.41) is 14.9. The van der Waals surface area contributed by atoms with E-state index < -0.39 is 0 Å². The third-order valence-electron chi connectivity index (χ3n) is 4.33. The Morgan fingerprint density at radius 1 is 1.48 bits per heavy atom. The van der Waals surface area contributed by atoms with E-state index in [-0.39, 0.29) is 18.2 Å². The van der Waals surface area contributed by atoms with Crippen molar-refractivity contribution in [3.8, 4) is 0 Å². The van der Waals surface area contributed by atoms with Gasteiger partial charge in [0.1, 0.15) is 0 Å². The summed E-state index contributed by atoms with van der Waals surface area (Å²) in [7, 11) is 2.06. The van der Waals surface area contributed by atoms with E-state index in [0.29, 0.717) is 6.42 Å². The third kappa shape index (κ3) is 3.67. The van der Waals surface area contributed by atoms with Gasteiger partial charge in [-0.2, -0.15) is 0 Å². The maximum absolute atomic E-state index is 12.1. The summed E-state index contributed by atoms with van der Waals surface area (Å²) >= 11 is 0. The van der Waals surface area contributed by atoms with E-state index in [1.54, 1.807) is 0 Å². The average Bonchev–Trinajstić information content (AvgIpc) is 2.80. The molecule has 1 aromatic rings. The molecule has 0 saturated heterocycles. The number of carbonyl (C=O) groups is 1. The van der Waals surface area contributed by atoms with Crippen LogP contribution in [-0.4, -0.2) is 36.9 Å². The highest BCUT2D eigenvalue weighted by molar-refractivity contribution is 5.90.